The fourth-order valence-corrected chi connectivity index (χ4v) is 4.66. The highest BCUT2D eigenvalue weighted by Crippen LogP contribution is 2.31. The number of carbonyl (C=O) groups is 1. The lowest BCUT2D eigenvalue weighted by Gasteiger charge is -2.22. The second kappa shape index (κ2) is 12.8. The molecule has 0 amide bonds. The number of aliphatic hydroxyl groups excluding tert-OH is 1. The van der Waals surface area contributed by atoms with Crippen LogP contribution in [0.1, 0.15) is 29.7 Å². The second-order valence-corrected chi connectivity index (χ2v) is 11.1. The molecule has 0 aliphatic carbocycles. The predicted molar refractivity (Wildman–Crippen MR) is 149 cm³/mol. The molecule has 2 atom stereocenters. The number of ether oxygens (including phenoxy) is 2. The Kier molecular flexibility index (Phi) is 9.79. The van der Waals surface area contributed by atoms with Crippen LogP contribution in [0.15, 0.2) is 54.6 Å². The van der Waals surface area contributed by atoms with Crippen LogP contribution >= 0.6 is 0 Å². The number of rotatable bonds is 13. The van der Waals surface area contributed by atoms with Gasteiger partial charge in [0.2, 0.25) is 10.0 Å². The summed E-state index contributed by atoms with van der Waals surface area (Å²) in [6.45, 7) is 6.13. The molecule has 11 heteroatoms. The standard InChI is InChI=1S/C28H34N2O8S/c1-17-13-22(20-5-8-23(9-6-20)38-16-26(32)33)14-18(2)28(17)37-12-11-29-19(3)27(34)21-7-10-25(31)24(15-21)30-39(4,35)36/h5-10,13-15,19,27,29-31,34H,11-12,16H2,1-4H3,(H,32,33). The van der Waals surface area contributed by atoms with Gasteiger partial charge >= 0.3 is 5.97 Å². The number of nitrogens with one attached hydrogen (secondary N) is 2. The Morgan fingerprint density at radius 3 is 2.21 bits per heavy atom. The smallest absolute Gasteiger partial charge is 0.341 e. The quantitative estimate of drug-likeness (QED) is 0.156. The number of benzene rings is 3. The van der Waals surface area contributed by atoms with Gasteiger partial charge in [0.15, 0.2) is 6.61 Å². The van der Waals surface area contributed by atoms with Gasteiger partial charge in [-0.1, -0.05) is 18.2 Å². The lowest BCUT2D eigenvalue weighted by Crippen LogP contribution is -2.35. The summed E-state index contributed by atoms with van der Waals surface area (Å²) in [6, 6.07) is 15.1. The Labute approximate surface area is 228 Å². The minimum absolute atomic E-state index is 0.00134. The first-order chi connectivity index (χ1) is 18.3. The summed E-state index contributed by atoms with van der Waals surface area (Å²) in [5.74, 6) is -0.0101. The van der Waals surface area contributed by atoms with E-state index in [2.05, 4.69) is 10.0 Å². The molecule has 0 saturated carbocycles. The van der Waals surface area contributed by atoms with Crippen LogP contribution < -0.4 is 19.5 Å². The van der Waals surface area contributed by atoms with Gasteiger partial charge in [-0.15, -0.1) is 0 Å². The maximum atomic E-state index is 11.5. The summed E-state index contributed by atoms with van der Waals surface area (Å²) < 4.78 is 36.5. The van der Waals surface area contributed by atoms with Crippen molar-refractivity contribution in [2.24, 2.45) is 0 Å². The number of aryl methyl sites for hydroxylation is 2. The molecule has 0 fully saturated rings. The fourth-order valence-electron chi connectivity index (χ4n) is 4.09. The molecule has 0 bridgehead atoms. The number of aliphatic hydroxyl groups is 1. The van der Waals surface area contributed by atoms with Crippen molar-refractivity contribution >= 4 is 21.7 Å². The minimum Gasteiger partial charge on any atom is -0.506 e. The van der Waals surface area contributed by atoms with Crippen LogP contribution in [0.3, 0.4) is 0 Å². The van der Waals surface area contributed by atoms with E-state index in [0.717, 1.165) is 34.3 Å². The molecule has 210 valence electrons. The molecule has 39 heavy (non-hydrogen) atoms. The van der Waals surface area contributed by atoms with E-state index in [1.54, 1.807) is 19.1 Å². The van der Waals surface area contributed by atoms with Crippen molar-refractivity contribution in [1.29, 1.82) is 0 Å². The molecule has 0 spiro atoms. The molecule has 5 N–H and O–H groups in total. The number of sulfonamides is 1. The molecular weight excluding hydrogens is 524 g/mol. The predicted octanol–water partition coefficient (Wildman–Crippen LogP) is 3.60. The first-order valence-corrected chi connectivity index (χ1v) is 14.1. The Hall–Kier alpha value is -3.80. The third-order valence-electron chi connectivity index (χ3n) is 5.96. The van der Waals surface area contributed by atoms with Crippen molar-refractivity contribution in [2.45, 2.75) is 32.9 Å². The molecule has 0 aliphatic heterocycles. The number of aliphatic carboxylic acids is 1. The number of carboxylic acid groups (broad SMARTS) is 1. The number of hydrogen-bond donors (Lipinski definition) is 5. The number of carboxylic acids is 1. The number of hydrogen-bond acceptors (Lipinski definition) is 8. The Morgan fingerprint density at radius 2 is 1.62 bits per heavy atom. The third kappa shape index (κ3) is 8.60. The fraction of sp³-hybridized carbons (Fsp3) is 0.321. The van der Waals surface area contributed by atoms with E-state index in [-0.39, 0.29) is 17.5 Å². The van der Waals surface area contributed by atoms with Crippen LogP contribution in [0.25, 0.3) is 11.1 Å². The van der Waals surface area contributed by atoms with Gasteiger partial charge in [0.25, 0.3) is 0 Å². The number of phenolic OH excluding ortho intramolecular Hbond substituents is 1. The largest absolute Gasteiger partial charge is 0.506 e. The van der Waals surface area contributed by atoms with E-state index in [4.69, 9.17) is 14.6 Å². The normalized spacial score (nSPS) is 12.9. The van der Waals surface area contributed by atoms with Crippen molar-refractivity contribution in [1.82, 2.24) is 5.32 Å². The van der Waals surface area contributed by atoms with E-state index in [1.165, 1.54) is 18.2 Å². The van der Waals surface area contributed by atoms with E-state index in [9.17, 15) is 23.4 Å². The third-order valence-corrected chi connectivity index (χ3v) is 6.55. The van der Waals surface area contributed by atoms with E-state index >= 15 is 0 Å². The average Bonchev–Trinajstić information content (AvgIpc) is 2.86. The van der Waals surface area contributed by atoms with Gasteiger partial charge in [-0.3, -0.25) is 4.72 Å². The van der Waals surface area contributed by atoms with Gasteiger partial charge in [0.05, 0.1) is 18.0 Å². The van der Waals surface area contributed by atoms with Crippen LogP contribution in [0.2, 0.25) is 0 Å². The van der Waals surface area contributed by atoms with Gasteiger partial charge in [-0.25, -0.2) is 13.2 Å². The van der Waals surface area contributed by atoms with E-state index in [1.807, 2.05) is 38.1 Å². The van der Waals surface area contributed by atoms with E-state index < -0.39 is 28.7 Å². The highest BCUT2D eigenvalue weighted by Gasteiger charge is 2.18. The average molecular weight is 559 g/mol. The molecule has 0 saturated heterocycles. The van der Waals surface area contributed by atoms with Gasteiger partial charge in [-0.05, 0) is 85.0 Å². The maximum Gasteiger partial charge on any atom is 0.341 e. The van der Waals surface area contributed by atoms with Crippen molar-refractivity contribution in [2.75, 3.05) is 30.7 Å². The molecule has 10 nitrogen and oxygen atoms in total. The molecule has 3 rings (SSSR count). The van der Waals surface area contributed by atoms with Gasteiger partial charge < -0.3 is 30.1 Å². The van der Waals surface area contributed by atoms with Crippen LogP contribution in [0.5, 0.6) is 17.2 Å². The number of anilines is 1. The summed E-state index contributed by atoms with van der Waals surface area (Å²) in [5, 5.41) is 32.6. The van der Waals surface area contributed by atoms with Crippen LogP contribution in [-0.4, -0.2) is 61.8 Å². The molecule has 0 aromatic heterocycles. The van der Waals surface area contributed by atoms with Gasteiger partial charge in [0.1, 0.15) is 23.9 Å². The zero-order chi connectivity index (χ0) is 28.7. The second-order valence-electron chi connectivity index (χ2n) is 9.33. The zero-order valence-electron chi connectivity index (χ0n) is 22.3. The maximum absolute atomic E-state index is 11.5. The Bertz CT molecular complexity index is 1380. The lowest BCUT2D eigenvalue weighted by atomic mass is 9.99. The Balaban J connectivity index is 1.56. The highest BCUT2D eigenvalue weighted by atomic mass is 32.2. The van der Waals surface area contributed by atoms with Crippen LogP contribution in [0, 0.1) is 13.8 Å². The van der Waals surface area contributed by atoms with Crippen molar-refractivity contribution in [3.63, 3.8) is 0 Å². The monoisotopic (exact) mass is 558 g/mol. The summed E-state index contributed by atoms with van der Waals surface area (Å²) in [5.41, 5.74) is 4.32. The van der Waals surface area contributed by atoms with Crippen molar-refractivity contribution in [3.05, 3.63) is 71.3 Å². The SMILES string of the molecule is Cc1cc(-c2ccc(OCC(=O)O)cc2)cc(C)c1OCCNC(C)C(O)c1ccc(O)c(NS(C)(=O)=O)c1. The molecular formula is C28H34N2O8S. The van der Waals surface area contributed by atoms with Gasteiger partial charge in [0, 0.05) is 12.6 Å². The molecule has 0 heterocycles. The van der Waals surface area contributed by atoms with Crippen molar-refractivity contribution in [3.8, 4) is 28.4 Å². The molecule has 3 aromatic rings. The summed E-state index contributed by atoms with van der Waals surface area (Å²) in [6.07, 6.45) is 0.0322. The zero-order valence-corrected chi connectivity index (χ0v) is 23.1. The summed E-state index contributed by atoms with van der Waals surface area (Å²) in [4.78, 5) is 10.7. The van der Waals surface area contributed by atoms with Crippen LogP contribution in [0.4, 0.5) is 5.69 Å². The number of phenols is 1. The minimum atomic E-state index is -3.59. The molecule has 2 unspecified atom stereocenters. The Morgan fingerprint density at radius 1 is 0.974 bits per heavy atom. The summed E-state index contributed by atoms with van der Waals surface area (Å²) >= 11 is 0. The topological polar surface area (TPSA) is 154 Å². The van der Waals surface area contributed by atoms with Crippen LogP contribution in [-0.2, 0) is 14.8 Å². The lowest BCUT2D eigenvalue weighted by molar-refractivity contribution is -0.139. The highest BCUT2D eigenvalue weighted by molar-refractivity contribution is 7.92. The number of aromatic hydroxyl groups is 1. The molecule has 3 aromatic carbocycles. The first-order valence-electron chi connectivity index (χ1n) is 12.3. The molecule has 0 radical (unpaired) electrons. The first kappa shape index (κ1) is 29.8. The summed E-state index contributed by atoms with van der Waals surface area (Å²) in [7, 11) is -3.59. The van der Waals surface area contributed by atoms with E-state index in [0.29, 0.717) is 24.5 Å². The molecule has 0 aliphatic rings. The van der Waals surface area contributed by atoms with Crippen molar-refractivity contribution < 1.29 is 38.0 Å². The van der Waals surface area contributed by atoms with Gasteiger partial charge in [-0.2, -0.15) is 0 Å².